The largest absolute Gasteiger partial charge is 0.456 e. The van der Waals surface area contributed by atoms with Crippen molar-refractivity contribution in [1.82, 2.24) is 13.7 Å². The van der Waals surface area contributed by atoms with E-state index in [2.05, 4.69) is 0 Å². The highest BCUT2D eigenvalue weighted by atomic mass is 16.5. The number of ketones is 1. The fourth-order valence-corrected chi connectivity index (χ4v) is 4.00. The predicted octanol–water partition coefficient (Wildman–Crippen LogP) is 2.06. The lowest BCUT2D eigenvalue weighted by atomic mass is 10.1. The van der Waals surface area contributed by atoms with Crippen molar-refractivity contribution in [3.8, 4) is 0 Å². The summed E-state index contributed by atoms with van der Waals surface area (Å²) in [4.78, 5) is 50.5. The van der Waals surface area contributed by atoms with Crippen molar-refractivity contribution in [3.05, 3.63) is 68.1 Å². The molecular weight excluding hydrogens is 426 g/mol. The lowest BCUT2D eigenvalue weighted by molar-refractivity contribution is -0.143. The van der Waals surface area contributed by atoms with Crippen LogP contribution in [0.1, 0.15) is 35.1 Å². The Morgan fingerprint density at radius 1 is 1.03 bits per heavy atom. The van der Waals surface area contributed by atoms with E-state index in [0.29, 0.717) is 23.1 Å². The number of methoxy groups -OCH3 is 1. The number of hydrogen-bond acceptors (Lipinski definition) is 6. The van der Waals surface area contributed by atoms with Gasteiger partial charge in [-0.05, 0) is 45.4 Å². The fraction of sp³-hybridized carbons (Fsp3) is 0.417. The molecule has 176 valence electrons. The first-order valence-electron chi connectivity index (χ1n) is 10.9. The highest BCUT2D eigenvalue weighted by Crippen LogP contribution is 2.17. The number of fused-ring (bicyclic) bond motifs is 1. The maximum absolute atomic E-state index is 12.8. The molecule has 2 heterocycles. The smallest absolute Gasteiger partial charge is 0.332 e. The van der Waals surface area contributed by atoms with E-state index in [1.807, 2.05) is 18.4 Å². The number of carbonyl (C=O) groups excluding carboxylic acids is 2. The molecule has 1 aromatic carbocycles. The van der Waals surface area contributed by atoms with Crippen LogP contribution in [0.4, 0.5) is 0 Å². The minimum absolute atomic E-state index is 0.177. The van der Waals surface area contributed by atoms with Gasteiger partial charge in [0, 0.05) is 43.8 Å². The summed E-state index contributed by atoms with van der Waals surface area (Å²) < 4.78 is 14.6. The number of esters is 1. The van der Waals surface area contributed by atoms with E-state index in [9.17, 15) is 19.2 Å². The number of benzene rings is 1. The molecule has 0 aliphatic carbocycles. The summed E-state index contributed by atoms with van der Waals surface area (Å²) in [6, 6.07) is 8.38. The third-order valence-electron chi connectivity index (χ3n) is 5.70. The maximum Gasteiger partial charge on any atom is 0.332 e. The van der Waals surface area contributed by atoms with Crippen LogP contribution in [0.15, 0.2) is 39.9 Å². The molecule has 0 bridgehead atoms. The SMILES string of the molecule is CCn1c(=O)c2ccccc2n(CC(=O)OCC(=O)c2cc(C)n(CCCOC)c2C)c1=O. The zero-order valence-electron chi connectivity index (χ0n) is 19.4. The van der Waals surface area contributed by atoms with Crippen LogP contribution in [-0.2, 0) is 33.9 Å². The summed E-state index contributed by atoms with van der Waals surface area (Å²) in [5, 5.41) is 0.337. The average molecular weight is 456 g/mol. The zero-order chi connectivity index (χ0) is 24.1. The van der Waals surface area contributed by atoms with Crippen molar-refractivity contribution < 1.29 is 19.1 Å². The molecule has 0 unspecified atom stereocenters. The minimum atomic E-state index is -0.731. The molecule has 0 radical (unpaired) electrons. The van der Waals surface area contributed by atoms with Gasteiger partial charge in [-0.15, -0.1) is 0 Å². The minimum Gasteiger partial charge on any atom is -0.456 e. The molecule has 2 aromatic heterocycles. The second-order valence-corrected chi connectivity index (χ2v) is 7.80. The van der Waals surface area contributed by atoms with Gasteiger partial charge in [0.25, 0.3) is 5.56 Å². The maximum atomic E-state index is 12.8. The number of aromatic nitrogens is 3. The normalized spacial score (nSPS) is 11.2. The Bertz CT molecular complexity index is 1300. The number of ether oxygens (including phenoxy) is 2. The van der Waals surface area contributed by atoms with Gasteiger partial charge in [-0.1, -0.05) is 12.1 Å². The topological polar surface area (TPSA) is 102 Å². The van der Waals surface area contributed by atoms with E-state index in [1.54, 1.807) is 44.4 Å². The van der Waals surface area contributed by atoms with Crippen molar-refractivity contribution in [2.45, 2.75) is 46.8 Å². The lowest BCUT2D eigenvalue weighted by Gasteiger charge is -2.13. The molecule has 9 heteroatoms. The molecule has 0 saturated carbocycles. The first kappa shape index (κ1) is 24.2. The number of carbonyl (C=O) groups is 2. The van der Waals surface area contributed by atoms with Crippen LogP contribution in [0, 0.1) is 13.8 Å². The first-order valence-corrected chi connectivity index (χ1v) is 10.9. The van der Waals surface area contributed by atoms with Crippen LogP contribution < -0.4 is 11.2 Å². The van der Waals surface area contributed by atoms with Gasteiger partial charge in [0.05, 0.1) is 10.9 Å². The summed E-state index contributed by atoms with van der Waals surface area (Å²) in [7, 11) is 1.65. The molecule has 0 aliphatic rings. The standard InChI is InChI=1S/C24H29N3O6/c1-5-25-23(30)18-9-6-7-10-20(18)27(24(25)31)14-22(29)33-15-21(28)19-13-16(2)26(17(19)3)11-8-12-32-4/h6-7,9-10,13H,5,8,11-12,14-15H2,1-4H3. The Morgan fingerprint density at radius 2 is 1.76 bits per heavy atom. The van der Waals surface area contributed by atoms with Gasteiger partial charge in [-0.25, -0.2) is 4.79 Å². The van der Waals surface area contributed by atoms with Crippen molar-refractivity contribution in [2.24, 2.45) is 0 Å². The number of hydrogen-bond donors (Lipinski definition) is 0. The highest BCUT2D eigenvalue weighted by molar-refractivity contribution is 5.99. The van der Waals surface area contributed by atoms with Gasteiger partial charge < -0.3 is 14.0 Å². The van der Waals surface area contributed by atoms with Gasteiger partial charge in [0.2, 0.25) is 5.78 Å². The van der Waals surface area contributed by atoms with Crippen LogP contribution >= 0.6 is 0 Å². The quantitative estimate of drug-likeness (QED) is 0.264. The van der Waals surface area contributed by atoms with Crippen LogP contribution in [0.25, 0.3) is 10.9 Å². The van der Waals surface area contributed by atoms with Gasteiger partial charge in [0.15, 0.2) is 6.61 Å². The van der Waals surface area contributed by atoms with E-state index >= 15 is 0 Å². The molecule has 0 aliphatic heterocycles. The molecule has 0 atom stereocenters. The number of rotatable bonds is 10. The Labute approximate surface area is 191 Å². The van der Waals surface area contributed by atoms with Crippen LogP contribution in [0.5, 0.6) is 0 Å². The van der Waals surface area contributed by atoms with Gasteiger partial charge in [0.1, 0.15) is 6.54 Å². The molecule has 0 amide bonds. The molecule has 3 aromatic rings. The summed E-state index contributed by atoms with van der Waals surface area (Å²) in [5.74, 6) is -1.05. The third kappa shape index (κ3) is 4.98. The molecule has 3 rings (SSSR count). The number of Topliss-reactive ketones (excluding diaryl/α,β-unsaturated/α-hetero) is 1. The predicted molar refractivity (Wildman–Crippen MR) is 124 cm³/mol. The zero-order valence-corrected chi connectivity index (χ0v) is 19.4. The second-order valence-electron chi connectivity index (χ2n) is 7.80. The van der Waals surface area contributed by atoms with E-state index in [-0.39, 0.29) is 12.3 Å². The van der Waals surface area contributed by atoms with E-state index in [4.69, 9.17) is 9.47 Å². The summed E-state index contributed by atoms with van der Waals surface area (Å²) in [6.45, 7) is 6.15. The molecular formula is C24H29N3O6. The number of aryl methyl sites for hydroxylation is 1. The second kappa shape index (κ2) is 10.4. The Morgan fingerprint density at radius 3 is 2.45 bits per heavy atom. The van der Waals surface area contributed by atoms with Gasteiger partial charge in [-0.3, -0.25) is 23.5 Å². The molecule has 0 spiro atoms. The monoisotopic (exact) mass is 455 g/mol. The summed E-state index contributed by atoms with van der Waals surface area (Å²) in [6.07, 6.45) is 0.818. The third-order valence-corrected chi connectivity index (χ3v) is 5.70. The van der Waals surface area contributed by atoms with E-state index < -0.39 is 30.4 Å². The Hall–Kier alpha value is -3.46. The van der Waals surface area contributed by atoms with Crippen LogP contribution in [0.2, 0.25) is 0 Å². The fourth-order valence-electron chi connectivity index (χ4n) is 4.00. The lowest BCUT2D eigenvalue weighted by Crippen LogP contribution is -2.41. The Kier molecular flexibility index (Phi) is 7.65. The van der Waals surface area contributed by atoms with Crippen molar-refractivity contribution in [1.29, 1.82) is 0 Å². The number of nitrogens with zero attached hydrogens (tertiary/aromatic N) is 3. The van der Waals surface area contributed by atoms with Crippen LogP contribution in [0.3, 0.4) is 0 Å². The first-order chi connectivity index (χ1) is 15.8. The molecule has 33 heavy (non-hydrogen) atoms. The van der Waals surface area contributed by atoms with Gasteiger partial charge >= 0.3 is 11.7 Å². The van der Waals surface area contributed by atoms with Crippen molar-refractivity contribution in [2.75, 3.05) is 20.3 Å². The van der Waals surface area contributed by atoms with E-state index in [0.717, 1.165) is 28.9 Å². The highest BCUT2D eigenvalue weighted by Gasteiger charge is 2.19. The summed E-state index contributed by atoms with van der Waals surface area (Å²) >= 11 is 0. The molecule has 0 N–H and O–H groups in total. The molecule has 0 saturated heterocycles. The summed E-state index contributed by atoms with van der Waals surface area (Å²) in [5.41, 5.74) is 1.60. The average Bonchev–Trinajstić information content (AvgIpc) is 3.09. The van der Waals surface area contributed by atoms with Crippen molar-refractivity contribution in [3.63, 3.8) is 0 Å². The Balaban J connectivity index is 1.75. The van der Waals surface area contributed by atoms with Gasteiger partial charge in [-0.2, -0.15) is 0 Å². The molecule has 0 fully saturated rings. The van der Waals surface area contributed by atoms with E-state index in [1.165, 1.54) is 4.57 Å². The number of para-hydroxylation sites is 1. The molecule has 9 nitrogen and oxygen atoms in total. The van der Waals surface area contributed by atoms with Crippen molar-refractivity contribution >= 4 is 22.7 Å². The van der Waals surface area contributed by atoms with Crippen LogP contribution in [-0.4, -0.2) is 45.8 Å².